The molecule has 3 fully saturated rings. The molecule has 2 unspecified atom stereocenters. The summed E-state index contributed by atoms with van der Waals surface area (Å²) in [6, 6.07) is 1.59. The van der Waals surface area contributed by atoms with Gasteiger partial charge in [-0.3, -0.25) is 0 Å². The maximum absolute atomic E-state index is 9.98. The average Bonchev–Trinajstić information content (AvgIpc) is 3.35. The quantitative estimate of drug-likeness (QED) is 0.681. The largest absolute Gasteiger partial charge is 0.394 e. The highest BCUT2D eigenvalue weighted by atomic mass is 16.3. The molecule has 20 heavy (non-hydrogen) atoms. The summed E-state index contributed by atoms with van der Waals surface area (Å²) in [5.41, 5.74) is 0.0581. The summed E-state index contributed by atoms with van der Waals surface area (Å²) < 4.78 is 0. The van der Waals surface area contributed by atoms with Crippen LogP contribution in [0.4, 0.5) is 0 Å². The van der Waals surface area contributed by atoms with Gasteiger partial charge < -0.3 is 15.3 Å². The van der Waals surface area contributed by atoms with Gasteiger partial charge in [-0.05, 0) is 70.4 Å². The first-order chi connectivity index (χ1) is 9.77. The van der Waals surface area contributed by atoms with Crippen molar-refractivity contribution in [1.29, 1.82) is 0 Å². The molecule has 0 aromatic rings. The predicted molar refractivity (Wildman–Crippen MR) is 82.8 cm³/mol. The van der Waals surface area contributed by atoms with Gasteiger partial charge in [-0.25, -0.2) is 0 Å². The van der Waals surface area contributed by atoms with Crippen molar-refractivity contribution in [1.82, 2.24) is 10.2 Å². The second-order valence-corrected chi connectivity index (χ2v) is 7.38. The van der Waals surface area contributed by atoms with Gasteiger partial charge in [-0.2, -0.15) is 0 Å². The van der Waals surface area contributed by atoms with Crippen molar-refractivity contribution in [3.63, 3.8) is 0 Å². The van der Waals surface area contributed by atoms with Crippen molar-refractivity contribution in [2.45, 2.75) is 82.3 Å². The van der Waals surface area contributed by atoms with Gasteiger partial charge >= 0.3 is 0 Å². The van der Waals surface area contributed by atoms with Crippen LogP contribution in [0.25, 0.3) is 0 Å². The topological polar surface area (TPSA) is 35.5 Å². The van der Waals surface area contributed by atoms with Gasteiger partial charge in [-0.1, -0.05) is 13.3 Å². The lowest BCUT2D eigenvalue weighted by Gasteiger charge is -2.36. The van der Waals surface area contributed by atoms with Gasteiger partial charge in [0.1, 0.15) is 0 Å². The molecule has 2 N–H and O–H groups in total. The Kier molecular flexibility index (Phi) is 4.68. The summed E-state index contributed by atoms with van der Waals surface area (Å²) >= 11 is 0. The molecule has 3 rings (SSSR count). The van der Waals surface area contributed by atoms with Crippen LogP contribution < -0.4 is 5.32 Å². The Bertz CT molecular complexity index is 314. The molecule has 116 valence electrons. The average molecular weight is 280 g/mol. The zero-order valence-electron chi connectivity index (χ0n) is 13.1. The van der Waals surface area contributed by atoms with E-state index in [4.69, 9.17) is 0 Å². The van der Waals surface area contributed by atoms with E-state index >= 15 is 0 Å². The first-order valence-electron chi connectivity index (χ1n) is 8.90. The Hall–Kier alpha value is -0.120. The van der Waals surface area contributed by atoms with Crippen molar-refractivity contribution in [3.05, 3.63) is 0 Å². The van der Waals surface area contributed by atoms with Crippen molar-refractivity contribution >= 4 is 0 Å². The Morgan fingerprint density at radius 2 is 1.95 bits per heavy atom. The van der Waals surface area contributed by atoms with Crippen molar-refractivity contribution < 1.29 is 5.11 Å². The fourth-order valence-electron chi connectivity index (χ4n) is 4.17. The fraction of sp³-hybridized carbons (Fsp3) is 1.00. The van der Waals surface area contributed by atoms with Gasteiger partial charge in [0, 0.05) is 17.6 Å². The van der Waals surface area contributed by atoms with Gasteiger partial charge in [0.15, 0.2) is 0 Å². The van der Waals surface area contributed by atoms with E-state index in [9.17, 15) is 5.11 Å². The molecule has 3 saturated carbocycles. The van der Waals surface area contributed by atoms with Gasteiger partial charge in [-0.15, -0.1) is 0 Å². The van der Waals surface area contributed by atoms with Crippen molar-refractivity contribution in [2.75, 3.05) is 19.7 Å². The molecule has 0 aromatic heterocycles. The Balaban J connectivity index is 1.53. The minimum Gasteiger partial charge on any atom is -0.394 e. The van der Waals surface area contributed by atoms with E-state index in [1.165, 1.54) is 70.9 Å². The zero-order chi connectivity index (χ0) is 14.0. The number of aliphatic hydroxyl groups excluding tert-OH is 1. The third-order valence-corrected chi connectivity index (χ3v) is 5.65. The molecule has 0 spiro atoms. The molecule has 0 saturated heterocycles. The standard InChI is InChI=1S/C17H32N2O/c1-2-11-19(16-7-8-16)12-9-14-4-3-10-17(14,13-20)18-15-5-6-15/h14-16,18,20H,2-13H2,1H3. The van der Waals surface area contributed by atoms with Gasteiger partial charge in [0.05, 0.1) is 6.61 Å². The molecule has 3 nitrogen and oxygen atoms in total. The molecule has 0 aromatic carbocycles. The predicted octanol–water partition coefficient (Wildman–Crippen LogP) is 2.53. The Labute approximate surface area is 124 Å². The third-order valence-electron chi connectivity index (χ3n) is 5.65. The second kappa shape index (κ2) is 6.33. The normalized spacial score (nSPS) is 34.0. The smallest absolute Gasteiger partial charge is 0.0616 e. The van der Waals surface area contributed by atoms with E-state index in [2.05, 4.69) is 17.1 Å². The van der Waals surface area contributed by atoms with Crippen LogP contribution in [0, 0.1) is 5.92 Å². The molecule has 0 bridgehead atoms. The molecule has 0 heterocycles. The molecule has 0 aliphatic heterocycles. The molecule has 2 atom stereocenters. The second-order valence-electron chi connectivity index (χ2n) is 7.38. The Morgan fingerprint density at radius 3 is 2.55 bits per heavy atom. The van der Waals surface area contributed by atoms with Crippen LogP contribution in [0.3, 0.4) is 0 Å². The summed E-state index contributed by atoms with van der Waals surface area (Å²) in [6.07, 6.45) is 11.8. The van der Waals surface area contributed by atoms with E-state index in [1.807, 2.05) is 0 Å². The highest BCUT2D eigenvalue weighted by molar-refractivity contribution is 5.03. The molecular formula is C17H32N2O. The summed E-state index contributed by atoms with van der Waals surface area (Å²) in [5, 5.41) is 13.8. The highest BCUT2D eigenvalue weighted by Gasteiger charge is 2.45. The molecule has 3 heteroatoms. The van der Waals surface area contributed by atoms with Crippen LogP contribution in [0.15, 0.2) is 0 Å². The Morgan fingerprint density at radius 1 is 1.15 bits per heavy atom. The van der Waals surface area contributed by atoms with Crippen LogP contribution in [0.5, 0.6) is 0 Å². The number of nitrogens with one attached hydrogen (secondary N) is 1. The molecule has 0 amide bonds. The number of rotatable bonds is 9. The summed E-state index contributed by atoms with van der Waals surface area (Å²) in [7, 11) is 0. The first-order valence-corrected chi connectivity index (χ1v) is 8.90. The zero-order valence-corrected chi connectivity index (χ0v) is 13.1. The van der Waals surface area contributed by atoms with Crippen LogP contribution in [0.2, 0.25) is 0 Å². The van der Waals surface area contributed by atoms with E-state index in [0.29, 0.717) is 18.6 Å². The minimum atomic E-state index is 0.0581. The van der Waals surface area contributed by atoms with Crippen LogP contribution in [-0.4, -0.2) is 47.3 Å². The van der Waals surface area contributed by atoms with E-state index in [0.717, 1.165) is 6.04 Å². The van der Waals surface area contributed by atoms with Crippen LogP contribution in [-0.2, 0) is 0 Å². The SMILES string of the molecule is CCCN(CCC1CCCC1(CO)NC1CC1)C1CC1. The first kappa shape index (κ1) is 14.8. The lowest BCUT2D eigenvalue weighted by atomic mass is 9.85. The maximum atomic E-state index is 9.98. The molecule has 3 aliphatic rings. The van der Waals surface area contributed by atoms with Gasteiger partial charge in [0.2, 0.25) is 0 Å². The summed E-state index contributed by atoms with van der Waals surface area (Å²) in [6.45, 7) is 5.14. The number of hydrogen-bond acceptors (Lipinski definition) is 3. The number of hydrogen-bond donors (Lipinski definition) is 2. The monoisotopic (exact) mass is 280 g/mol. The van der Waals surface area contributed by atoms with E-state index in [-0.39, 0.29) is 5.54 Å². The van der Waals surface area contributed by atoms with Gasteiger partial charge in [0.25, 0.3) is 0 Å². The van der Waals surface area contributed by atoms with Crippen molar-refractivity contribution in [2.24, 2.45) is 5.92 Å². The highest BCUT2D eigenvalue weighted by Crippen LogP contribution is 2.40. The summed E-state index contributed by atoms with van der Waals surface area (Å²) in [4.78, 5) is 2.71. The maximum Gasteiger partial charge on any atom is 0.0616 e. The molecular weight excluding hydrogens is 248 g/mol. The third kappa shape index (κ3) is 3.37. The van der Waals surface area contributed by atoms with Crippen LogP contribution >= 0.6 is 0 Å². The van der Waals surface area contributed by atoms with E-state index < -0.39 is 0 Å². The van der Waals surface area contributed by atoms with E-state index in [1.54, 1.807) is 0 Å². The molecule has 0 radical (unpaired) electrons. The lowest BCUT2D eigenvalue weighted by molar-refractivity contribution is 0.108. The number of nitrogens with zero attached hydrogens (tertiary/aromatic N) is 1. The number of aliphatic hydroxyl groups is 1. The lowest BCUT2D eigenvalue weighted by Crippen LogP contribution is -2.53. The molecule has 3 aliphatic carbocycles. The fourth-order valence-corrected chi connectivity index (χ4v) is 4.17. The summed E-state index contributed by atoms with van der Waals surface area (Å²) in [5.74, 6) is 0.686. The minimum absolute atomic E-state index is 0.0581. The van der Waals surface area contributed by atoms with Crippen molar-refractivity contribution in [3.8, 4) is 0 Å². The van der Waals surface area contributed by atoms with Crippen LogP contribution in [0.1, 0.15) is 64.7 Å².